The van der Waals surface area contributed by atoms with Crippen molar-refractivity contribution in [2.45, 2.75) is 71.8 Å². The van der Waals surface area contributed by atoms with Crippen LogP contribution in [0.25, 0.3) is 0 Å². The summed E-state index contributed by atoms with van der Waals surface area (Å²) in [5, 5.41) is 1.91. The van der Waals surface area contributed by atoms with E-state index in [9.17, 15) is 0 Å². The maximum absolute atomic E-state index is 6.24. The lowest BCUT2D eigenvalue weighted by atomic mass is 9.95. The van der Waals surface area contributed by atoms with Gasteiger partial charge in [0.2, 0.25) is 0 Å². The van der Waals surface area contributed by atoms with Crippen molar-refractivity contribution in [1.82, 2.24) is 9.91 Å². The molecule has 23 heavy (non-hydrogen) atoms. The molecular weight excluding hydrogens is 286 g/mol. The van der Waals surface area contributed by atoms with Gasteiger partial charge in [-0.1, -0.05) is 39.7 Å². The Kier molecular flexibility index (Phi) is 10.0. The topological polar surface area (TPSA) is 41.7 Å². The zero-order valence-electron chi connectivity index (χ0n) is 15.5. The Labute approximate surface area is 143 Å². The van der Waals surface area contributed by atoms with Gasteiger partial charge in [-0.25, -0.2) is 5.84 Å². The van der Waals surface area contributed by atoms with Gasteiger partial charge < -0.3 is 14.6 Å². The van der Waals surface area contributed by atoms with Crippen LogP contribution >= 0.6 is 0 Å². The predicted octanol–water partition coefficient (Wildman–Crippen LogP) is 4.05. The molecule has 0 aliphatic heterocycles. The van der Waals surface area contributed by atoms with E-state index in [1.807, 2.05) is 18.0 Å². The van der Waals surface area contributed by atoms with Crippen LogP contribution in [0.1, 0.15) is 65.7 Å². The lowest BCUT2D eigenvalue weighted by Gasteiger charge is -2.32. The smallest absolute Gasteiger partial charge is 0.113 e. The van der Waals surface area contributed by atoms with Crippen molar-refractivity contribution >= 4 is 0 Å². The fourth-order valence-corrected chi connectivity index (χ4v) is 3.18. The molecule has 0 atom stereocenters. The van der Waals surface area contributed by atoms with Gasteiger partial charge >= 0.3 is 0 Å². The Bertz CT molecular complexity index is 358. The number of rotatable bonds is 11. The summed E-state index contributed by atoms with van der Waals surface area (Å²) in [6.45, 7) is 14.6. The van der Waals surface area contributed by atoms with Gasteiger partial charge in [-0.15, -0.1) is 0 Å². The third-order valence-corrected chi connectivity index (χ3v) is 4.80. The molecule has 0 radical (unpaired) electrons. The summed E-state index contributed by atoms with van der Waals surface area (Å²) >= 11 is 0. The average Bonchev–Trinajstić information content (AvgIpc) is 2.58. The highest BCUT2D eigenvalue weighted by Gasteiger charge is 2.18. The second-order valence-corrected chi connectivity index (χ2v) is 6.53. The fourth-order valence-electron chi connectivity index (χ4n) is 3.18. The van der Waals surface area contributed by atoms with Crippen LogP contribution in [0.2, 0.25) is 0 Å². The molecule has 1 fully saturated rings. The van der Waals surface area contributed by atoms with Crippen molar-refractivity contribution < 1.29 is 4.74 Å². The van der Waals surface area contributed by atoms with E-state index in [0.29, 0.717) is 6.04 Å². The fraction of sp³-hybridized carbons (Fsp3) is 0.789. The number of nitrogens with zero attached hydrogens (tertiary/aromatic N) is 2. The molecule has 1 aliphatic carbocycles. The number of hydrogen-bond donors (Lipinski definition) is 1. The molecule has 0 aromatic carbocycles. The largest absolute Gasteiger partial charge is 0.494 e. The van der Waals surface area contributed by atoms with Crippen molar-refractivity contribution in [3.63, 3.8) is 0 Å². The average molecular weight is 324 g/mol. The molecule has 0 spiro atoms. The molecule has 0 heterocycles. The molecule has 1 rings (SSSR count). The number of allylic oxidation sites excluding steroid dienone is 2. The SMILES string of the molecule is C=C(/C=C(/C)N(N)C1CCCCC1)OCCCCN(CC)CC. The Morgan fingerprint density at radius 3 is 2.43 bits per heavy atom. The summed E-state index contributed by atoms with van der Waals surface area (Å²) in [4.78, 5) is 2.44. The molecule has 4 nitrogen and oxygen atoms in total. The van der Waals surface area contributed by atoms with Crippen LogP contribution in [0.3, 0.4) is 0 Å². The highest BCUT2D eigenvalue weighted by atomic mass is 16.5. The normalized spacial score (nSPS) is 16.7. The van der Waals surface area contributed by atoms with Crippen LogP contribution in [-0.2, 0) is 4.74 Å². The summed E-state index contributed by atoms with van der Waals surface area (Å²) in [6.07, 6.45) is 10.5. The van der Waals surface area contributed by atoms with E-state index in [1.165, 1.54) is 38.5 Å². The second-order valence-electron chi connectivity index (χ2n) is 6.53. The zero-order valence-corrected chi connectivity index (χ0v) is 15.5. The van der Waals surface area contributed by atoms with Gasteiger partial charge in [-0.3, -0.25) is 0 Å². The van der Waals surface area contributed by atoms with E-state index in [1.54, 1.807) is 0 Å². The molecule has 1 saturated carbocycles. The molecule has 0 saturated heterocycles. The molecule has 0 bridgehead atoms. The van der Waals surface area contributed by atoms with E-state index in [2.05, 4.69) is 25.3 Å². The van der Waals surface area contributed by atoms with E-state index >= 15 is 0 Å². The highest BCUT2D eigenvalue weighted by molar-refractivity contribution is 5.13. The zero-order chi connectivity index (χ0) is 17.1. The molecular formula is C19H37N3O. The third-order valence-electron chi connectivity index (χ3n) is 4.80. The first-order valence-electron chi connectivity index (χ1n) is 9.34. The molecule has 4 heteroatoms. The molecule has 0 amide bonds. The van der Waals surface area contributed by atoms with Crippen LogP contribution in [0, 0.1) is 0 Å². The van der Waals surface area contributed by atoms with Gasteiger partial charge in [0.1, 0.15) is 5.76 Å². The predicted molar refractivity (Wildman–Crippen MR) is 98.8 cm³/mol. The quantitative estimate of drug-likeness (QED) is 0.205. The van der Waals surface area contributed by atoms with E-state index in [4.69, 9.17) is 10.6 Å². The number of ether oxygens (including phenoxy) is 1. The molecule has 0 aromatic heterocycles. The summed E-state index contributed by atoms with van der Waals surface area (Å²) in [7, 11) is 0. The first kappa shape index (κ1) is 20.0. The van der Waals surface area contributed by atoms with Crippen molar-refractivity contribution in [3.05, 3.63) is 24.1 Å². The number of unbranched alkanes of at least 4 members (excludes halogenated alkanes) is 1. The van der Waals surface area contributed by atoms with Gasteiger partial charge in [-0.05, 0) is 58.3 Å². The summed E-state index contributed by atoms with van der Waals surface area (Å²) in [5.41, 5.74) is 1.05. The third kappa shape index (κ3) is 7.89. The van der Waals surface area contributed by atoms with Crippen LogP contribution in [0.5, 0.6) is 0 Å². The number of nitrogens with two attached hydrogens (primary N) is 1. The van der Waals surface area contributed by atoms with Crippen molar-refractivity contribution in [2.75, 3.05) is 26.2 Å². The minimum absolute atomic E-state index is 0.474. The van der Waals surface area contributed by atoms with Gasteiger partial charge in [0, 0.05) is 11.7 Å². The minimum atomic E-state index is 0.474. The molecule has 2 N–H and O–H groups in total. The van der Waals surface area contributed by atoms with Crippen LogP contribution in [0.15, 0.2) is 24.1 Å². The van der Waals surface area contributed by atoms with E-state index in [-0.39, 0.29) is 0 Å². The Balaban J connectivity index is 2.23. The first-order valence-corrected chi connectivity index (χ1v) is 9.34. The number of hydrogen-bond acceptors (Lipinski definition) is 4. The maximum atomic E-state index is 6.24. The lowest BCUT2D eigenvalue weighted by Crippen LogP contribution is -2.40. The molecule has 134 valence electrons. The minimum Gasteiger partial charge on any atom is -0.494 e. The molecule has 0 unspecified atom stereocenters. The monoisotopic (exact) mass is 323 g/mol. The molecule has 1 aliphatic rings. The van der Waals surface area contributed by atoms with E-state index in [0.717, 1.165) is 44.1 Å². The summed E-state index contributed by atoms with van der Waals surface area (Å²) in [6, 6.07) is 0.474. The summed E-state index contributed by atoms with van der Waals surface area (Å²) in [5.74, 6) is 6.96. The van der Waals surface area contributed by atoms with Gasteiger partial charge in [0.25, 0.3) is 0 Å². The van der Waals surface area contributed by atoms with Crippen LogP contribution in [0.4, 0.5) is 0 Å². The molecule has 0 aromatic rings. The Morgan fingerprint density at radius 2 is 1.83 bits per heavy atom. The van der Waals surface area contributed by atoms with Gasteiger partial charge in [0.05, 0.1) is 6.61 Å². The second kappa shape index (κ2) is 11.5. The summed E-state index contributed by atoms with van der Waals surface area (Å²) < 4.78 is 5.73. The lowest BCUT2D eigenvalue weighted by molar-refractivity contribution is 0.194. The Morgan fingerprint density at radius 1 is 1.17 bits per heavy atom. The van der Waals surface area contributed by atoms with Crippen molar-refractivity contribution in [2.24, 2.45) is 5.84 Å². The number of hydrazine groups is 1. The Hall–Kier alpha value is -1.00. The van der Waals surface area contributed by atoms with Gasteiger partial charge in [0.15, 0.2) is 0 Å². The highest BCUT2D eigenvalue weighted by Crippen LogP contribution is 2.23. The van der Waals surface area contributed by atoms with E-state index < -0.39 is 0 Å². The van der Waals surface area contributed by atoms with Crippen LogP contribution in [-0.4, -0.2) is 42.2 Å². The first-order chi connectivity index (χ1) is 11.1. The van der Waals surface area contributed by atoms with Gasteiger partial charge in [-0.2, -0.15) is 0 Å². The van der Waals surface area contributed by atoms with Crippen molar-refractivity contribution in [3.8, 4) is 0 Å². The van der Waals surface area contributed by atoms with Crippen LogP contribution < -0.4 is 5.84 Å². The standard InChI is InChI=1S/C19H37N3O/c1-5-21(6-2)14-10-11-15-23-18(4)16-17(3)22(20)19-12-8-7-9-13-19/h16,19H,4-15,20H2,1-3H3/b17-16-. The van der Waals surface area contributed by atoms with Crippen molar-refractivity contribution in [1.29, 1.82) is 0 Å². The maximum Gasteiger partial charge on any atom is 0.113 e.